The maximum absolute atomic E-state index is 11.6. The van der Waals surface area contributed by atoms with E-state index in [0.717, 1.165) is 0 Å². The van der Waals surface area contributed by atoms with Crippen LogP contribution in [0.5, 0.6) is 0 Å². The van der Waals surface area contributed by atoms with Gasteiger partial charge < -0.3 is 4.98 Å². The highest BCUT2D eigenvalue weighted by atomic mass is 127. The smallest absolute Gasteiger partial charge is 0.270 e. The van der Waals surface area contributed by atoms with Gasteiger partial charge in [0.15, 0.2) is 0 Å². The molecule has 0 atom stereocenters. The van der Waals surface area contributed by atoms with Crippen LogP contribution >= 0.6 is 22.6 Å². The number of aromatic amines is 1. The molecule has 6 nitrogen and oxygen atoms in total. The predicted molar refractivity (Wildman–Crippen MR) is 74.4 cm³/mol. The minimum atomic E-state index is -0.485. The molecule has 1 heterocycles. The predicted octanol–water partition coefficient (Wildman–Crippen LogP) is 2.26. The van der Waals surface area contributed by atoms with Crippen LogP contribution in [0, 0.1) is 20.6 Å². The molecule has 0 fully saturated rings. The van der Waals surface area contributed by atoms with E-state index in [-0.39, 0.29) is 11.2 Å². The summed E-state index contributed by atoms with van der Waals surface area (Å²) in [6.07, 6.45) is 0. The van der Waals surface area contributed by atoms with E-state index in [9.17, 15) is 14.9 Å². The van der Waals surface area contributed by atoms with Crippen LogP contribution in [-0.4, -0.2) is 14.9 Å². The summed E-state index contributed by atoms with van der Waals surface area (Å²) in [6.45, 7) is 1.72. The second-order valence-electron chi connectivity index (χ2n) is 3.62. The summed E-state index contributed by atoms with van der Waals surface area (Å²) in [4.78, 5) is 28.6. The van der Waals surface area contributed by atoms with Gasteiger partial charge in [-0.25, -0.2) is 4.98 Å². The standard InChI is InChI=1S/C11H8IN3O3/c1-6-9(12)11(16)14-10(13-6)7-3-2-4-8(5-7)15(17)18/h2-5H,1H3,(H,13,14,16). The number of nitro benzene ring substituents is 1. The lowest BCUT2D eigenvalue weighted by Crippen LogP contribution is -2.14. The van der Waals surface area contributed by atoms with Crippen LogP contribution in [0.15, 0.2) is 29.1 Å². The van der Waals surface area contributed by atoms with Crippen LogP contribution in [-0.2, 0) is 0 Å². The number of nitrogens with zero attached hydrogens (tertiary/aromatic N) is 2. The van der Waals surface area contributed by atoms with Crippen molar-refractivity contribution < 1.29 is 4.92 Å². The number of non-ortho nitro benzene ring substituents is 1. The molecule has 2 aromatic rings. The second-order valence-corrected chi connectivity index (χ2v) is 4.70. The molecule has 7 heteroatoms. The highest BCUT2D eigenvalue weighted by Crippen LogP contribution is 2.20. The van der Waals surface area contributed by atoms with Crippen LogP contribution < -0.4 is 5.56 Å². The Morgan fingerprint density at radius 1 is 1.44 bits per heavy atom. The fourth-order valence-electron chi connectivity index (χ4n) is 1.47. The normalized spacial score (nSPS) is 10.3. The first-order valence-corrected chi connectivity index (χ1v) is 6.08. The largest absolute Gasteiger partial charge is 0.306 e. The lowest BCUT2D eigenvalue weighted by molar-refractivity contribution is -0.384. The fraction of sp³-hybridized carbons (Fsp3) is 0.0909. The van der Waals surface area contributed by atoms with Crippen molar-refractivity contribution in [2.75, 3.05) is 0 Å². The Morgan fingerprint density at radius 2 is 2.17 bits per heavy atom. The number of benzene rings is 1. The number of nitrogens with one attached hydrogen (secondary N) is 1. The van der Waals surface area contributed by atoms with Crippen LogP contribution in [0.2, 0.25) is 0 Å². The van der Waals surface area contributed by atoms with Crippen LogP contribution in [0.1, 0.15) is 5.69 Å². The fourth-order valence-corrected chi connectivity index (χ4v) is 1.73. The molecule has 1 aromatic carbocycles. The summed E-state index contributed by atoms with van der Waals surface area (Å²) in [5.74, 6) is 0.335. The van der Waals surface area contributed by atoms with E-state index >= 15 is 0 Å². The third-order valence-electron chi connectivity index (χ3n) is 2.36. The molecule has 0 aliphatic rings. The van der Waals surface area contributed by atoms with E-state index in [1.165, 1.54) is 12.1 Å². The van der Waals surface area contributed by atoms with Crippen molar-refractivity contribution in [1.29, 1.82) is 0 Å². The molecule has 18 heavy (non-hydrogen) atoms. The summed E-state index contributed by atoms with van der Waals surface area (Å²) in [5.41, 5.74) is 0.831. The number of aromatic nitrogens is 2. The summed E-state index contributed by atoms with van der Waals surface area (Å²) >= 11 is 1.91. The molecule has 1 N–H and O–H groups in total. The molecule has 0 amide bonds. The van der Waals surface area contributed by atoms with Gasteiger partial charge in [-0.05, 0) is 29.5 Å². The topological polar surface area (TPSA) is 88.9 Å². The van der Waals surface area contributed by atoms with E-state index in [4.69, 9.17) is 0 Å². The zero-order valence-corrected chi connectivity index (χ0v) is 11.5. The van der Waals surface area contributed by atoms with Gasteiger partial charge in [0.1, 0.15) is 5.82 Å². The second kappa shape index (κ2) is 4.84. The number of rotatable bonds is 2. The van der Waals surface area contributed by atoms with Crippen molar-refractivity contribution in [2.45, 2.75) is 6.92 Å². The summed E-state index contributed by atoms with van der Waals surface area (Å²) in [5, 5.41) is 10.7. The van der Waals surface area contributed by atoms with Gasteiger partial charge in [-0.1, -0.05) is 12.1 Å². The average molecular weight is 357 g/mol. The maximum atomic E-state index is 11.6. The van der Waals surface area contributed by atoms with E-state index in [2.05, 4.69) is 9.97 Å². The molecule has 0 aliphatic heterocycles. The number of nitro groups is 1. The van der Waals surface area contributed by atoms with E-state index < -0.39 is 4.92 Å². The molecular formula is C11H8IN3O3. The number of H-pyrrole nitrogens is 1. The van der Waals surface area contributed by atoms with E-state index in [1.54, 1.807) is 19.1 Å². The van der Waals surface area contributed by atoms with Crippen molar-refractivity contribution >= 4 is 28.3 Å². The van der Waals surface area contributed by atoms with Crippen molar-refractivity contribution in [2.24, 2.45) is 0 Å². The first-order valence-electron chi connectivity index (χ1n) is 5.00. The third-order valence-corrected chi connectivity index (χ3v) is 3.63. The van der Waals surface area contributed by atoms with Crippen LogP contribution in [0.25, 0.3) is 11.4 Å². The van der Waals surface area contributed by atoms with Gasteiger partial charge in [-0.15, -0.1) is 0 Å². The van der Waals surface area contributed by atoms with Gasteiger partial charge >= 0.3 is 0 Å². The van der Waals surface area contributed by atoms with Gasteiger partial charge in [-0.3, -0.25) is 14.9 Å². The van der Waals surface area contributed by atoms with Crippen molar-refractivity contribution in [1.82, 2.24) is 9.97 Å². The molecule has 92 valence electrons. The van der Waals surface area contributed by atoms with Gasteiger partial charge in [0, 0.05) is 17.7 Å². The first kappa shape index (κ1) is 12.7. The minimum absolute atomic E-state index is 0.0358. The molecule has 0 saturated carbocycles. The molecule has 0 aliphatic carbocycles. The van der Waals surface area contributed by atoms with Crippen LogP contribution in [0.4, 0.5) is 5.69 Å². The van der Waals surface area contributed by atoms with Gasteiger partial charge in [0.25, 0.3) is 11.2 Å². The Labute approximate surface area is 115 Å². The number of halogens is 1. The van der Waals surface area contributed by atoms with Crippen molar-refractivity contribution in [3.05, 3.63) is 54.0 Å². The highest BCUT2D eigenvalue weighted by molar-refractivity contribution is 14.1. The molecule has 0 radical (unpaired) electrons. The summed E-state index contributed by atoms with van der Waals surface area (Å²) in [6, 6.07) is 5.99. The van der Waals surface area contributed by atoms with Crippen LogP contribution in [0.3, 0.4) is 0 Å². The Morgan fingerprint density at radius 3 is 2.78 bits per heavy atom. The summed E-state index contributed by atoms with van der Waals surface area (Å²) in [7, 11) is 0. The van der Waals surface area contributed by atoms with Gasteiger partial charge in [0.2, 0.25) is 0 Å². The zero-order chi connectivity index (χ0) is 13.3. The number of hydrogen-bond acceptors (Lipinski definition) is 4. The molecular weight excluding hydrogens is 349 g/mol. The monoisotopic (exact) mass is 357 g/mol. The minimum Gasteiger partial charge on any atom is -0.306 e. The van der Waals surface area contributed by atoms with Gasteiger partial charge in [0.05, 0.1) is 14.2 Å². The quantitative estimate of drug-likeness (QED) is 0.507. The lowest BCUT2D eigenvalue weighted by atomic mass is 10.2. The lowest BCUT2D eigenvalue weighted by Gasteiger charge is -2.03. The van der Waals surface area contributed by atoms with E-state index in [1.807, 2.05) is 22.6 Å². The Balaban J connectivity index is 2.59. The molecule has 0 bridgehead atoms. The Hall–Kier alpha value is -1.77. The van der Waals surface area contributed by atoms with Crippen molar-refractivity contribution in [3.63, 3.8) is 0 Å². The molecule has 1 aromatic heterocycles. The zero-order valence-electron chi connectivity index (χ0n) is 9.31. The maximum Gasteiger partial charge on any atom is 0.270 e. The van der Waals surface area contributed by atoms with Crippen molar-refractivity contribution in [3.8, 4) is 11.4 Å². The highest BCUT2D eigenvalue weighted by Gasteiger charge is 2.10. The van der Waals surface area contributed by atoms with Gasteiger partial charge in [-0.2, -0.15) is 0 Å². The molecule has 0 spiro atoms. The Kier molecular flexibility index (Phi) is 3.41. The number of hydrogen-bond donors (Lipinski definition) is 1. The first-order chi connectivity index (χ1) is 8.49. The Bertz CT molecular complexity index is 681. The van der Waals surface area contributed by atoms with E-state index in [0.29, 0.717) is 20.7 Å². The SMILES string of the molecule is Cc1nc(-c2cccc([N+](=O)[O-])c2)[nH]c(=O)c1I. The molecule has 0 unspecified atom stereocenters. The average Bonchev–Trinajstić information content (AvgIpc) is 2.35. The summed E-state index contributed by atoms with van der Waals surface area (Å²) < 4.78 is 0.516. The molecule has 2 rings (SSSR count). The number of aryl methyl sites for hydroxylation is 1. The third kappa shape index (κ3) is 2.40. The molecule has 0 saturated heterocycles.